The predicted octanol–water partition coefficient (Wildman–Crippen LogP) is -0.381. The maximum absolute atomic E-state index is 12.2. The largest absolute Gasteiger partial charge is 0.327 e. The molecule has 102 valence electrons. The van der Waals surface area contributed by atoms with E-state index in [2.05, 4.69) is 5.92 Å². The van der Waals surface area contributed by atoms with Gasteiger partial charge in [0, 0.05) is 12.1 Å². The van der Waals surface area contributed by atoms with E-state index in [0.717, 1.165) is 0 Å². The highest BCUT2D eigenvalue weighted by Crippen LogP contribution is 2.20. The van der Waals surface area contributed by atoms with Crippen molar-refractivity contribution in [1.82, 2.24) is 4.90 Å². The minimum absolute atomic E-state index is 0.00604. The van der Waals surface area contributed by atoms with Gasteiger partial charge in [-0.1, -0.05) is 12.8 Å². The average Bonchev–Trinajstić information content (AvgIpc) is 2.64. The van der Waals surface area contributed by atoms with E-state index < -0.39 is 9.84 Å². The number of hydrogen-bond acceptors (Lipinski definition) is 4. The lowest BCUT2D eigenvalue weighted by Crippen LogP contribution is -2.47. The van der Waals surface area contributed by atoms with Crippen LogP contribution in [0.15, 0.2) is 0 Å². The van der Waals surface area contributed by atoms with Gasteiger partial charge in [-0.25, -0.2) is 8.42 Å². The Morgan fingerprint density at radius 1 is 1.56 bits per heavy atom. The Kier molecular flexibility index (Phi) is 4.77. The number of rotatable bonds is 4. The Bertz CT molecular complexity index is 450. The van der Waals surface area contributed by atoms with E-state index in [0.29, 0.717) is 6.42 Å². The highest BCUT2D eigenvalue weighted by molar-refractivity contribution is 7.91. The van der Waals surface area contributed by atoms with Gasteiger partial charge >= 0.3 is 0 Å². The number of carbonyl (C=O) groups is 1. The van der Waals surface area contributed by atoms with E-state index in [1.807, 2.05) is 0 Å². The van der Waals surface area contributed by atoms with Crippen molar-refractivity contribution in [2.75, 3.05) is 18.1 Å². The number of hydrogen-bond donors (Lipinski definition) is 1. The molecule has 1 saturated heterocycles. The predicted molar refractivity (Wildman–Crippen MR) is 70.4 cm³/mol. The van der Waals surface area contributed by atoms with Gasteiger partial charge in [0.25, 0.3) is 0 Å². The Balaban J connectivity index is 2.84. The van der Waals surface area contributed by atoms with Crippen LogP contribution in [-0.2, 0) is 14.6 Å². The molecule has 5 nitrogen and oxygen atoms in total. The van der Waals surface area contributed by atoms with Crippen LogP contribution in [0.2, 0.25) is 0 Å². The molecule has 1 aliphatic heterocycles. The van der Waals surface area contributed by atoms with Gasteiger partial charge in [0.15, 0.2) is 9.84 Å². The van der Waals surface area contributed by atoms with Gasteiger partial charge in [-0.2, -0.15) is 0 Å². The molecular formula is C12H20N2O3S. The first-order valence-corrected chi connectivity index (χ1v) is 7.80. The Hall–Kier alpha value is -1.06. The molecule has 6 heteroatoms. The highest BCUT2D eigenvalue weighted by Gasteiger charge is 2.36. The van der Waals surface area contributed by atoms with Crippen molar-refractivity contribution in [1.29, 1.82) is 0 Å². The quantitative estimate of drug-likeness (QED) is 0.707. The summed E-state index contributed by atoms with van der Waals surface area (Å²) in [5.41, 5.74) is 5.71. The maximum Gasteiger partial charge on any atom is 0.228 e. The molecule has 0 aromatic heterocycles. The number of amides is 1. The second-order valence-electron chi connectivity index (χ2n) is 4.87. The van der Waals surface area contributed by atoms with Crippen LogP contribution in [0.4, 0.5) is 0 Å². The molecule has 0 bridgehead atoms. The Morgan fingerprint density at radius 2 is 2.17 bits per heavy atom. The molecule has 0 spiro atoms. The van der Waals surface area contributed by atoms with Gasteiger partial charge in [0.05, 0.1) is 24.0 Å². The van der Waals surface area contributed by atoms with E-state index in [9.17, 15) is 13.2 Å². The van der Waals surface area contributed by atoms with E-state index in [4.69, 9.17) is 12.2 Å². The highest BCUT2D eigenvalue weighted by atomic mass is 32.2. The first-order chi connectivity index (χ1) is 8.28. The topological polar surface area (TPSA) is 80.5 Å². The average molecular weight is 272 g/mol. The van der Waals surface area contributed by atoms with Crippen LogP contribution in [0.5, 0.6) is 0 Å². The summed E-state index contributed by atoms with van der Waals surface area (Å²) in [6.45, 7) is 3.62. The maximum atomic E-state index is 12.2. The lowest BCUT2D eigenvalue weighted by molar-refractivity contribution is -0.136. The molecule has 0 saturated carbocycles. The zero-order chi connectivity index (χ0) is 13.9. The molecule has 0 aromatic rings. The standard InChI is InChI=1S/C12H20N2O3S/c1-4-6-14(12(15)9(2)10(3)13)11-5-7-18(16,17)8-11/h1,9-11H,5-8,13H2,2-3H3. The zero-order valence-electron chi connectivity index (χ0n) is 10.8. The van der Waals surface area contributed by atoms with Crippen molar-refractivity contribution in [3.05, 3.63) is 0 Å². The number of sulfone groups is 1. The second kappa shape index (κ2) is 5.72. The number of nitrogens with zero attached hydrogens (tertiary/aromatic N) is 1. The fraction of sp³-hybridized carbons (Fsp3) is 0.750. The summed E-state index contributed by atoms with van der Waals surface area (Å²) in [5.74, 6) is 2.02. The van der Waals surface area contributed by atoms with Crippen LogP contribution < -0.4 is 5.73 Å². The summed E-state index contributed by atoms with van der Waals surface area (Å²) in [5, 5.41) is 0. The number of nitrogens with two attached hydrogens (primary N) is 1. The smallest absolute Gasteiger partial charge is 0.228 e. The zero-order valence-corrected chi connectivity index (χ0v) is 11.6. The minimum Gasteiger partial charge on any atom is -0.327 e. The van der Waals surface area contributed by atoms with Crippen LogP contribution in [0.25, 0.3) is 0 Å². The monoisotopic (exact) mass is 272 g/mol. The normalized spacial score (nSPS) is 25.1. The lowest BCUT2D eigenvalue weighted by atomic mass is 10.0. The molecule has 18 heavy (non-hydrogen) atoms. The third-order valence-corrected chi connectivity index (χ3v) is 5.12. The summed E-state index contributed by atoms with van der Waals surface area (Å²) in [7, 11) is -3.03. The van der Waals surface area contributed by atoms with Crippen molar-refractivity contribution in [3.8, 4) is 12.3 Å². The molecule has 0 radical (unpaired) electrons. The van der Waals surface area contributed by atoms with Gasteiger partial charge in [-0.3, -0.25) is 4.79 Å². The molecule has 0 aliphatic carbocycles. The fourth-order valence-corrected chi connectivity index (χ4v) is 3.72. The summed E-state index contributed by atoms with van der Waals surface area (Å²) < 4.78 is 22.9. The van der Waals surface area contributed by atoms with Crippen molar-refractivity contribution in [3.63, 3.8) is 0 Å². The fourth-order valence-electron chi connectivity index (χ4n) is 1.99. The molecular weight excluding hydrogens is 252 g/mol. The second-order valence-corrected chi connectivity index (χ2v) is 7.10. The molecule has 1 rings (SSSR count). The number of terminal acetylenes is 1. The van der Waals surface area contributed by atoms with Gasteiger partial charge < -0.3 is 10.6 Å². The molecule has 2 N–H and O–H groups in total. The van der Waals surface area contributed by atoms with Gasteiger partial charge in [-0.15, -0.1) is 6.42 Å². The van der Waals surface area contributed by atoms with Crippen molar-refractivity contribution >= 4 is 15.7 Å². The van der Waals surface area contributed by atoms with Gasteiger partial charge in [-0.05, 0) is 13.3 Å². The van der Waals surface area contributed by atoms with Crippen LogP contribution in [0.1, 0.15) is 20.3 Å². The van der Waals surface area contributed by atoms with Crippen molar-refractivity contribution < 1.29 is 13.2 Å². The lowest BCUT2D eigenvalue weighted by Gasteiger charge is -2.30. The molecule has 1 fully saturated rings. The summed E-state index contributed by atoms with van der Waals surface area (Å²) >= 11 is 0. The van der Waals surface area contributed by atoms with E-state index in [1.165, 1.54) is 4.90 Å². The van der Waals surface area contributed by atoms with Gasteiger partial charge in [0.2, 0.25) is 5.91 Å². The summed E-state index contributed by atoms with van der Waals surface area (Å²) in [4.78, 5) is 13.7. The molecule has 0 aromatic carbocycles. The summed E-state index contributed by atoms with van der Waals surface area (Å²) in [6, 6.07) is -0.587. The number of carbonyl (C=O) groups excluding carboxylic acids is 1. The van der Waals surface area contributed by atoms with E-state index in [1.54, 1.807) is 13.8 Å². The first kappa shape index (κ1) is 15.0. The van der Waals surface area contributed by atoms with Crippen LogP contribution in [0, 0.1) is 18.3 Å². The third-order valence-electron chi connectivity index (χ3n) is 3.37. The first-order valence-electron chi connectivity index (χ1n) is 5.98. The summed E-state index contributed by atoms with van der Waals surface area (Å²) in [6.07, 6.45) is 5.71. The molecule has 3 atom stereocenters. The van der Waals surface area contributed by atoms with Crippen LogP contribution >= 0.6 is 0 Å². The Morgan fingerprint density at radius 3 is 2.56 bits per heavy atom. The molecule has 1 aliphatic rings. The van der Waals surface area contributed by atoms with E-state index in [-0.39, 0.29) is 42.0 Å². The van der Waals surface area contributed by atoms with E-state index >= 15 is 0 Å². The minimum atomic E-state index is -3.03. The van der Waals surface area contributed by atoms with Crippen LogP contribution in [0.3, 0.4) is 0 Å². The van der Waals surface area contributed by atoms with Crippen LogP contribution in [-0.4, -0.2) is 49.4 Å². The molecule has 3 unspecified atom stereocenters. The SMILES string of the molecule is C#CCN(C(=O)C(C)C(C)N)C1CCS(=O)(=O)C1. The third kappa shape index (κ3) is 3.47. The van der Waals surface area contributed by atoms with Crippen molar-refractivity contribution in [2.24, 2.45) is 11.7 Å². The molecule has 1 heterocycles. The Labute approximate surface area is 109 Å². The molecule has 1 amide bonds. The van der Waals surface area contributed by atoms with Gasteiger partial charge in [0.1, 0.15) is 0 Å². The van der Waals surface area contributed by atoms with Crippen molar-refractivity contribution in [2.45, 2.75) is 32.4 Å².